The number of rotatable bonds is 2. The summed E-state index contributed by atoms with van der Waals surface area (Å²) < 4.78 is 13.8. The molecule has 3 rings (SSSR count). The molecule has 1 saturated heterocycles. The molecule has 104 valence electrons. The van der Waals surface area contributed by atoms with E-state index in [1.54, 1.807) is 17.8 Å². The summed E-state index contributed by atoms with van der Waals surface area (Å²) in [5.41, 5.74) is 1.16. The number of nitrogens with zero attached hydrogens (tertiary/aromatic N) is 1. The van der Waals surface area contributed by atoms with Crippen LogP contribution in [0.4, 0.5) is 4.39 Å². The maximum atomic E-state index is 13.8. The van der Waals surface area contributed by atoms with Crippen molar-refractivity contribution in [3.63, 3.8) is 0 Å². The second-order valence-corrected chi connectivity index (χ2v) is 6.72. The maximum absolute atomic E-state index is 13.8. The van der Waals surface area contributed by atoms with Crippen molar-refractivity contribution in [1.82, 2.24) is 10.2 Å². The largest absolute Gasteiger partial charge is 0.306 e. The smallest absolute Gasteiger partial charge is 0.137 e. The van der Waals surface area contributed by atoms with Crippen LogP contribution in [0.1, 0.15) is 30.9 Å². The average Bonchev–Trinajstić information content (AvgIpc) is 2.40. The van der Waals surface area contributed by atoms with E-state index >= 15 is 0 Å². The summed E-state index contributed by atoms with van der Waals surface area (Å²) in [7, 11) is 2.18. The Morgan fingerprint density at radius 1 is 1.37 bits per heavy atom. The molecular weight excluding hydrogens is 259 g/mol. The van der Waals surface area contributed by atoms with Gasteiger partial charge in [-0.2, -0.15) is 0 Å². The van der Waals surface area contributed by atoms with E-state index in [1.807, 2.05) is 6.07 Å². The lowest BCUT2D eigenvalue weighted by Crippen LogP contribution is -2.45. The molecule has 2 aliphatic rings. The molecule has 2 nitrogen and oxygen atoms in total. The molecule has 0 bridgehead atoms. The van der Waals surface area contributed by atoms with Crippen molar-refractivity contribution in [3.8, 4) is 0 Å². The lowest BCUT2D eigenvalue weighted by atomic mass is 9.99. The third-order valence-corrected chi connectivity index (χ3v) is 5.25. The highest BCUT2D eigenvalue weighted by molar-refractivity contribution is 7.99. The van der Waals surface area contributed by atoms with Gasteiger partial charge in [-0.05, 0) is 50.2 Å². The Morgan fingerprint density at radius 3 is 3.11 bits per heavy atom. The van der Waals surface area contributed by atoms with E-state index in [0.29, 0.717) is 12.1 Å². The molecule has 0 amide bonds. The van der Waals surface area contributed by atoms with Gasteiger partial charge in [-0.1, -0.05) is 12.1 Å². The topological polar surface area (TPSA) is 15.3 Å². The first kappa shape index (κ1) is 13.4. The van der Waals surface area contributed by atoms with Gasteiger partial charge in [0.2, 0.25) is 0 Å². The molecule has 4 heteroatoms. The van der Waals surface area contributed by atoms with Crippen molar-refractivity contribution in [2.24, 2.45) is 0 Å². The van der Waals surface area contributed by atoms with Crippen LogP contribution >= 0.6 is 11.8 Å². The van der Waals surface area contributed by atoms with Gasteiger partial charge in [-0.15, -0.1) is 11.8 Å². The Hall–Kier alpha value is -0.580. The first-order chi connectivity index (χ1) is 9.24. The van der Waals surface area contributed by atoms with Crippen LogP contribution in [-0.2, 0) is 0 Å². The summed E-state index contributed by atoms with van der Waals surface area (Å²) >= 11 is 1.66. The minimum atomic E-state index is -0.0604. The number of hydrogen-bond acceptors (Lipinski definition) is 3. The van der Waals surface area contributed by atoms with E-state index in [4.69, 9.17) is 0 Å². The fourth-order valence-electron chi connectivity index (χ4n) is 3.15. The Morgan fingerprint density at radius 2 is 2.26 bits per heavy atom. The first-order valence-corrected chi connectivity index (χ1v) is 8.08. The molecule has 0 aliphatic carbocycles. The van der Waals surface area contributed by atoms with Gasteiger partial charge in [-0.25, -0.2) is 4.39 Å². The SMILES string of the molecule is CN1CCCC(NC2CCSc3c(F)cccc32)C1. The predicted octanol–water partition coefficient (Wildman–Crippen LogP) is 3.05. The van der Waals surface area contributed by atoms with Crippen molar-refractivity contribution in [2.45, 2.75) is 36.2 Å². The van der Waals surface area contributed by atoms with Gasteiger partial charge in [0.1, 0.15) is 5.82 Å². The van der Waals surface area contributed by atoms with Gasteiger partial charge in [0.15, 0.2) is 0 Å². The number of hydrogen-bond donors (Lipinski definition) is 1. The van der Waals surface area contributed by atoms with E-state index < -0.39 is 0 Å². The Kier molecular flexibility index (Phi) is 4.10. The second-order valence-electron chi connectivity index (χ2n) is 5.62. The molecule has 1 aromatic rings. The van der Waals surface area contributed by atoms with Crippen LogP contribution in [0.5, 0.6) is 0 Å². The Bertz CT molecular complexity index is 452. The van der Waals surface area contributed by atoms with Gasteiger partial charge in [0.25, 0.3) is 0 Å². The predicted molar refractivity (Wildman–Crippen MR) is 78.1 cm³/mol. The molecule has 0 saturated carbocycles. The summed E-state index contributed by atoms with van der Waals surface area (Å²) in [4.78, 5) is 3.24. The molecule has 2 atom stereocenters. The minimum absolute atomic E-state index is 0.0604. The van der Waals surface area contributed by atoms with E-state index in [-0.39, 0.29) is 5.82 Å². The van der Waals surface area contributed by atoms with Crippen LogP contribution in [0, 0.1) is 5.82 Å². The zero-order chi connectivity index (χ0) is 13.2. The molecule has 19 heavy (non-hydrogen) atoms. The van der Waals surface area contributed by atoms with Gasteiger partial charge in [0.05, 0.1) is 0 Å². The lowest BCUT2D eigenvalue weighted by Gasteiger charge is -2.35. The zero-order valence-corrected chi connectivity index (χ0v) is 12.2. The quantitative estimate of drug-likeness (QED) is 0.896. The van der Waals surface area contributed by atoms with E-state index in [0.717, 1.165) is 29.2 Å². The number of benzene rings is 1. The molecule has 1 aromatic carbocycles. The zero-order valence-electron chi connectivity index (χ0n) is 11.4. The highest BCUT2D eigenvalue weighted by atomic mass is 32.2. The summed E-state index contributed by atoms with van der Waals surface area (Å²) in [6, 6.07) is 6.35. The van der Waals surface area contributed by atoms with Crippen molar-refractivity contribution in [1.29, 1.82) is 0 Å². The number of halogens is 1. The molecular formula is C15H21FN2S. The van der Waals surface area contributed by atoms with Crippen LogP contribution in [-0.4, -0.2) is 36.8 Å². The standard InChI is InChI=1S/C15H21FN2S/c1-18-8-3-4-11(10-18)17-14-7-9-19-15-12(14)5-2-6-13(15)16/h2,5-6,11,14,17H,3-4,7-10H2,1H3. The highest BCUT2D eigenvalue weighted by Gasteiger charge is 2.26. The third kappa shape index (κ3) is 2.96. The molecule has 2 unspecified atom stereocenters. The number of likely N-dealkylation sites (tertiary alicyclic amines) is 1. The molecule has 1 N–H and O–H groups in total. The van der Waals surface area contributed by atoms with Gasteiger partial charge >= 0.3 is 0 Å². The number of likely N-dealkylation sites (N-methyl/N-ethyl adjacent to an activating group) is 1. The van der Waals surface area contributed by atoms with E-state index in [9.17, 15) is 4.39 Å². The maximum Gasteiger partial charge on any atom is 0.137 e. The normalized spacial score (nSPS) is 28.1. The lowest BCUT2D eigenvalue weighted by molar-refractivity contribution is 0.214. The second kappa shape index (κ2) is 5.81. The van der Waals surface area contributed by atoms with Gasteiger partial charge < -0.3 is 10.2 Å². The van der Waals surface area contributed by atoms with Crippen LogP contribution in [0.3, 0.4) is 0 Å². The summed E-state index contributed by atoms with van der Waals surface area (Å²) in [6.07, 6.45) is 3.59. The average molecular weight is 280 g/mol. The summed E-state index contributed by atoms with van der Waals surface area (Å²) in [5, 5.41) is 3.75. The summed E-state index contributed by atoms with van der Waals surface area (Å²) in [5.74, 6) is 0.948. The van der Waals surface area contributed by atoms with Crippen molar-refractivity contribution in [3.05, 3.63) is 29.6 Å². The van der Waals surface area contributed by atoms with Crippen molar-refractivity contribution in [2.75, 3.05) is 25.9 Å². The van der Waals surface area contributed by atoms with Crippen molar-refractivity contribution < 1.29 is 4.39 Å². The fraction of sp³-hybridized carbons (Fsp3) is 0.600. The van der Waals surface area contributed by atoms with Gasteiger partial charge in [-0.3, -0.25) is 0 Å². The van der Waals surface area contributed by atoms with Crippen LogP contribution in [0.2, 0.25) is 0 Å². The molecule has 2 aliphatic heterocycles. The van der Waals surface area contributed by atoms with Crippen LogP contribution in [0.25, 0.3) is 0 Å². The number of piperidine rings is 1. The van der Waals surface area contributed by atoms with E-state index in [1.165, 1.54) is 19.4 Å². The number of nitrogens with one attached hydrogen (secondary N) is 1. The molecule has 2 heterocycles. The summed E-state index contributed by atoms with van der Waals surface area (Å²) in [6.45, 7) is 2.30. The van der Waals surface area contributed by atoms with Crippen LogP contribution < -0.4 is 5.32 Å². The number of fused-ring (bicyclic) bond motifs is 1. The Labute approximate surface area is 118 Å². The molecule has 0 spiro atoms. The first-order valence-electron chi connectivity index (χ1n) is 7.10. The monoisotopic (exact) mass is 280 g/mol. The van der Waals surface area contributed by atoms with Gasteiger partial charge in [0, 0.05) is 23.5 Å². The molecule has 0 aromatic heterocycles. The van der Waals surface area contributed by atoms with Crippen LogP contribution in [0.15, 0.2) is 23.1 Å². The van der Waals surface area contributed by atoms with E-state index in [2.05, 4.69) is 23.3 Å². The molecule has 0 radical (unpaired) electrons. The minimum Gasteiger partial charge on any atom is -0.306 e. The van der Waals surface area contributed by atoms with Crippen molar-refractivity contribution >= 4 is 11.8 Å². The molecule has 1 fully saturated rings. The fourth-order valence-corrected chi connectivity index (χ4v) is 4.29. The highest BCUT2D eigenvalue weighted by Crippen LogP contribution is 2.38. The number of thioether (sulfide) groups is 1. The third-order valence-electron chi connectivity index (χ3n) is 4.09. The Balaban J connectivity index is 1.74.